The molecule has 0 unspecified atom stereocenters. The number of halogens is 1. The van der Waals surface area contributed by atoms with Gasteiger partial charge in [0.15, 0.2) is 5.82 Å². The number of carbonyl (C=O) groups excluding carboxylic acids is 1. The second-order valence-corrected chi connectivity index (χ2v) is 8.80. The summed E-state index contributed by atoms with van der Waals surface area (Å²) in [4.78, 5) is 12.6. The zero-order chi connectivity index (χ0) is 21.8. The third-order valence-corrected chi connectivity index (χ3v) is 6.36. The summed E-state index contributed by atoms with van der Waals surface area (Å²) in [5, 5.41) is 11.9. The van der Waals surface area contributed by atoms with Crippen LogP contribution in [0.3, 0.4) is 0 Å². The molecule has 1 aromatic heterocycles. The monoisotopic (exact) mass is 482 g/mol. The lowest BCUT2D eigenvalue weighted by atomic mass is 10.1. The highest BCUT2D eigenvalue weighted by Crippen LogP contribution is 2.28. The molecule has 0 saturated heterocycles. The predicted molar refractivity (Wildman–Crippen MR) is 125 cm³/mol. The van der Waals surface area contributed by atoms with Crippen LogP contribution in [0.1, 0.15) is 42.6 Å². The number of ether oxygens (including phenoxy) is 1. The molecule has 7 heteroatoms. The van der Waals surface area contributed by atoms with Gasteiger partial charge in [-0.2, -0.15) is 0 Å². The average Bonchev–Trinajstić information content (AvgIpc) is 3.02. The second-order valence-electron chi connectivity index (χ2n) is 7.95. The van der Waals surface area contributed by atoms with Crippen LogP contribution in [0.25, 0.3) is 11.4 Å². The van der Waals surface area contributed by atoms with E-state index < -0.39 is 0 Å². The molecule has 1 amide bonds. The molecule has 0 radical (unpaired) electrons. The summed E-state index contributed by atoms with van der Waals surface area (Å²) in [5.41, 5.74) is 3.92. The molecule has 0 saturated carbocycles. The minimum Gasteiger partial charge on any atom is -0.496 e. The maximum Gasteiger partial charge on any atom is 0.224 e. The van der Waals surface area contributed by atoms with Crippen molar-refractivity contribution in [2.45, 2.75) is 52.0 Å². The van der Waals surface area contributed by atoms with E-state index in [4.69, 9.17) is 4.74 Å². The van der Waals surface area contributed by atoms with Gasteiger partial charge in [-0.05, 0) is 71.4 Å². The van der Waals surface area contributed by atoms with Gasteiger partial charge in [-0.25, -0.2) is 0 Å². The van der Waals surface area contributed by atoms with E-state index in [9.17, 15) is 4.79 Å². The van der Waals surface area contributed by atoms with E-state index in [2.05, 4.69) is 42.1 Å². The minimum atomic E-state index is -0.00716. The van der Waals surface area contributed by atoms with Gasteiger partial charge in [-0.15, -0.1) is 10.2 Å². The van der Waals surface area contributed by atoms with Gasteiger partial charge < -0.3 is 14.6 Å². The molecule has 1 aliphatic rings. The van der Waals surface area contributed by atoms with Crippen molar-refractivity contribution in [1.29, 1.82) is 0 Å². The number of aromatic nitrogens is 3. The molecule has 1 N–H and O–H groups in total. The van der Waals surface area contributed by atoms with Crippen LogP contribution in [0.5, 0.6) is 5.75 Å². The number of hydrogen-bond acceptors (Lipinski definition) is 4. The van der Waals surface area contributed by atoms with Crippen molar-refractivity contribution in [2.24, 2.45) is 0 Å². The third kappa shape index (κ3) is 4.98. The Bertz CT molecular complexity index is 1090. The molecule has 0 fully saturated rings. The largest absolute Gasteiger partial charge is 0.496 e. The first-order valence-electron chi connectivity index (χ1n) is 10.7. The molecular weight excluding hydrogens is 456 g/mol. The Balaban J connectivity index is 1.46. The summed E-state index contributed by atoms with van der Waals surface area (Å²) in [6.45, 7) is 2.95. The van der Waals surface area contributed by atoms with Gasteiger partial charge in [-0.1, -0.05) is 24.6 Å². The Kier molecular flexibility index (Phi) is 6.70. The standard InChI is InChI=1S/C24H27BrN4O2/c1-16-7-10-18(24-28-27-22-6-4-3-5-13-29(22)24)15-20(16)26-23(30)12-9-17-8-11-21(31-2)19(25)14-17/h7-8,10-11,14-15H,3-6,9,12-13H2,1-2H3,(H,26,30). The average molecular weight is 483 g/mol. The van der Waals surface area contributed by atoms with Crippen molar-refractivity contribution in [3.63, 3.8) is 0 Å². The zero-order valence-electron chi connectivity index (χ0n) is 17.9. The summed E-state index contributed by atoms with van der Waals surface area (Å²) in [6.07, 6.45) is 5.58. The molecule has 2 heterocycles. The fourth-order valence-electron chi connectivity index (χ4n) is 3.93. The van der Waals surface area contributed by atoms with Crippen molar-refractivity contribution in [2.75, 3.05) is 12.4 Å². The number of amides is 1. The van der Waals surface area contributed by atoms with Gasteiger partial charge in [0.1, 0.15) is 11.6 Å². The van der Waals surface area contributed by atoms with Crippen LogP contribution >= 0.6 is 15.9 Å². The van der Waals surface area contributed by atoms with Crippen LogP contribution in [0, 0.1) is 6.92 Å². The van der Waals surface area contributed by atoms with E-state index in [1.807, 2.05) is 37.3 Å². The van der Waals surface area contributed by atoms with Crippen LogP contribution < -0.4 is 10.1 Å². The van der Waals surface area contributed by atoms with Gasteiger partial charge in [0, 0.05) is 30.6 Å². The number of anilines is 1. The van der Waals surface area contributed by atoms with Crippen LogP contribution in [0.4, 0.5) is 5.69 Å². The van der Waals surface area contributed by atoms with Gasteiger partial charge in [-0.3, -0.25) is 4.79 Å². The molecular formula is C24H27BrN4O2. The van der Waals surface area contributed by atoms with Crippen molar-refractivity contribution < 1.29 is 9.53 Å². The van der Waals surface area contributed by atoms with Crippen molar-refractivity contribution in [3.05, 3.63) is 57.8 Å². The lowest BCUT2D eigenvalue weighted by molar-refractivity contribution is -0.116. The number of fused-ring (bicyclic) bond motifs is 1. The van der Waals surface area contributed by atoms with E-state index in [0.29, 0.717) is 12.8 Å². The Morgan fingerprint density at radius 1 is 1.16 bits per heavy atom. The number of carbonyl (C=O) groups is 1. The molecule has 0 aliphatic carbocycles. The van der Waals surface area contributed by atoms with Gasteiger partial charge in [0.05, 0.1) is 11.6 Å². The Morgan fingerprint density at radius 2 is 2.03 bits per heavy atom. The van der Waals surface area contributed by atoms with Crippen LogP contribution in [-0.4, -0.2) is 27.8 Å². The second kappa shape index (κ2) is 9.64. The third-order valence-electron chi connectivity index (χ3n) is 5.74. The minimum absolute atomic E-state index is 0.00716. The Morgan fingerprint density at radius 3 is 2.84 bits per heavy atom. The first-order valence-corrected chi connectivity index (χ1v) is 11.5. The van der Waals surface area contributed by atoms with E-state index in [-0.39, 0.29) is 5.91 Å². The molecule has 0 bridgehead atoms. The van der Waals surface area contributed by atoms with Crippen molar-refractivity contribution in [1.82, 2.24) is 14.8 Å². The molecule has 3 aromatic rings. The normalized spacial score (nSPS) is 13.4. The zero-order valence-corrected chi connectivity index (χ0v) is 19.5. The maximum atomic E-state index is 12.6. The predicted octanol–water partition coefficient (Wildman–Crippen LogP) is 5.32. The highest BCUT2D eigenvalue weighted by atomic mass is 79.9. The fraction of sp³-hybridized carbons (Fsp3) is 0.375. The van der Waals surface area contributed by atoms with Gasteiger partial charge >= 0.3 is 0 Å². The van der Waals surface area contributed by atoms with Crippen molar-refractivity contribution >= 4 is 27.5 Å². The smallest absolute Gasteiger partial charge is 0.224 e. The Hall–Kier alpha value is -2.67. The quantitative estimate of drug-likeness (QED) is 0.515. The number of nitrogens with zero attached hydrogens (tertiary/aromatic N) is 3. The molecule has 31 heavy (non-hydrogen) atoms. The number of benzene rings is 2. The first-order chi connectivity index (χ1) is 15.0. The van der Waals surface area contributed by atoms with Crippen LogP contribution in [-0.2, 0) is 24.2 Å². The van der Waals surface area contributed by atoms with E-state index in [0.717, 1.165) is 70.1 Å². The molecule has 2 aromatic carbocycles. The van der Waals surface area contributed by atoms with E-state index in [1.165, 1.54) is 6.42 Å². The summed E-state index contributed by atoms with van der Waals surface area (Å²) >= 11 is 3.50. The summed E-state index contributed by atoms with van der Waals surface area (Å²) in [5.74, 6) is 2.72. The molecule has 0 spiro atoms. The van der Waals surface area contributed by atoms with E-state index >= 15 is 0 Å². The topological polar surface area (TPSA) is 69.0 Å². The lowest BCUT2D eigenvalue weighted by Gasteiger charge is -2.12. The first kappa shape index (κ1) is 21.6. The molecule has 0 atom stereocenters. The highest BCUT2D eigenvalue weighted by molar-refractivity contribution is 9.10. The maximum absolute atomic E-state index is 12.6. The summed E-state index contributed by atoms with van der Waals surface area (Å²) in [7, 11) is 1.64. The number of hydrogen-bond donors (Lipinski definition) is 1. The molecule has 4 rings (SSSR count). The van der Waals surface area contributed by atoms with Gasteiger partial charge in [0.25, 0.3) is 0 Å². The van der Waals surface area contributed by atoms with Crippen molar-refractivity contribution in [3.8, 4) is 17.1 Å². The fourth-order valence-corrected chi connectivity index (χ4v) is 4.52. The molecule has 162 valence electrons. The number of methoxy groups -OCH3 is 1. The lowest BCUT2D eigenvalue weighted by Crippen LogP contribution is -2.13. The summed E-state index contributed by atoms with van der Waals surface area (Å²) in [6, 6.07) is 12.0. The number of rotatable bonds is 6. The SMILES string of the molecule is COc1ccc(CCC(=O)Nc2cc(-c3nnc4n3CCCCC4)ccc2C)cc1Br. The van der Waals surface area contributed by atoms with Crippen LogP contribution in [0.2, 0.25) is 0 Å². The number of nitrogens with one attached hydrogen (secondary N) is 1. The van der Waals surface area contributed by atoms with E-state index in [1.54, 1.807) is 7.11 Å². The van der Waals surface area contributed by atoms with Crippen LogP contribution in [0.15, 0.2) is 40.9 Å². The number of aryl methyl sites for hydroxylation is 3. The van der Waals surface area contributed by atoms with Gasteiger partial charge in [0.2, 0.25) is 5.91 Å². The highest BCUT2D eigenvalue weighted by Gasteiger charge is 2.17. The molecule has 6 nitrogen and oxygen atoms in total. The summed E-state index contributed by atoms with van der Waals surface area (Å²) < 4.78 is 8.38. The Labute approximate surface area is 191 Å². The molecule has 1 aliphatic heterocycles.